The van der Waals surface area contributed by atoms with E-state index in [0.717, 1.165) is 26.5 Å². The number of rotatable bonds is 10. The van der Waals surface area contributed by atoms with E-state index in [9.17, 15) is 13.5 Å². The maximum absolute atomic E-state index is 12.1. The predicted molar refractivity (Wildman–Crippen MR) is 144 cm³/mol. The topological polar surface area (TPSA) is 107 Å². The number of nitrogens with one attached hydrogen (secondary N) is 3. The largest absolute Gasteiger partial charge is 0.492 e. The van der Waals surface area contributed by atoms with Crippen molar-refractivity contribution in [2.45, 2.75) is 6.10 Å². The quantitative estimate of drug-likeness (QED) is 0.225. The number of nitrogens with zero attached hydrogens (tertiary/aromatic N) is 1. The fourth-order valence-electron chi connectivity index (χ4n) is 3.58. The molecule has 188 valence electrons. The van der Waals surface area contributed by atoms with E-state index < -0.39 is 16.3 Å². The van der Waals surface area contributed by atoms with Gasteiger partial charge in [0.15, 0.2) is 0 Å². The van der Waals surface area contributed by atoms with E-state index in [2.05, 4.69) is 21.1 Å². The first-order chi connectivity index (χ1) is 16.2. The third-order valence-corrected chi connectivity index (χ3v) is 7.23. The molecule has 1 heterocycles. The molecular formula is C24H28Cl2N4O4S. The number of aliphatic hydroxyl groups is 1. The number of fused-ring (bicyclic) bond motifs is 3. The van der Waals surface area contributed by atoms with Crippen molar-refractivity contribution < 1.29 is 18.3 Å². The van der Waals surface area contributed by atoms with Crippen molar-refractivity contribution in [2.24, 2.45) is 0 Å². The molecule has 0 saturated heterocycles. The molecule has 0 aliphatic rings. The minimum Gasteiger partial charge on any atom is -0.492 e. The second-order valence-corrected chi connectivity index (χ2v) is 10.4. The Bertz CT molecular complexity index is 1410. The Balaban J connectivity index is 0.00000342. The molecule has 0 spiro atoms. The minimum atomic E-state index is -3.71. The summed E-state index contributed by atoms with van der Waals surface area (Å²) in [5.41, 5.74) is 2.86. The van der Waals surface area contributed by atoms with Crippen molar-refractivity contribution in [3.8, 4) is 5.75 Å². The Morgan fingerprint density at radius 1 is 1.06 bits per heavy atom. The van der Waals surface area contributed by atoms with Crippen LogP contribution in [0, 0.1) is 0 Å². The molecule has 4 rings (SSSR count). The molecule has 1 unspecified atom stereocenters. The standard InChI is InChI=1S/C24H27ClN4O4S.ClH/c1-29(2)34(31,32)28-23-13-16(7-10-20(23)25)24(30)15-26-11-12-33-17-8-9-19-18-5-3-4-6-21(18)27-22(19)14-17;/h3-10,13-14,24,26-28,30H,11-12,15H2,1-2H3;1H. The molecule has 3 aromatic carbocycles. The average Bonchev–Trinajstić information content (AvgIpc) is 3.17. The van der Waals surface area contributed by atoms with Crippen LogP contribution in [0.5, 0.6) is 5.75 Å². The number of aromatic nitrogens is 1. The van der Waals surface area contributed by atoms with Gasteiger partial charge in [0.1, 0.15) is 12.4 Å². The summed E-state index contributed by atoms with van der Waals surface area (Å²) in [5.74, 6) is 0.761. The molecule has 0 saturated carbocycles. The van der Waals surface area contributed by atoms with Gasteiger partial charge in [-0.25, -0.2) is 0 Å². The lowest BCUT2D eigenvalue weighted by molar-refractivity contribution is 0.172. The lowest BCUT2D eigenvalue weighted by Crippen LogP contribution is -2.29. The van der Waals surface area contributed by atoms with Crippen LogP contribution in [0.1, 0.15) is 11.7 Å². The third kappa shape index (κ3) is 6.38. The normalized spacial score (nSPS) is 12.6. The minimum absolute atomic E-state index is 0. The van der Waals surface area contributed by atoms with Crippen molar-refractivity contribution in [2.75, 3.05) is 38.5 Å². The summed E-state index contributed by atoms with van der Waals surface area (Å²) in [4.78, 5) is 3.40. The predicted octanol–water partition coefficient (Wildman–Crippen LogP) is 4.32. The van der Waals surface area contributed by atoms with E-state index in [0.29, 0.717) is 18.7 Å². The van der Waals surface area contributed by atoms with E-state index in [4.69, 9.17) is 16.3 Å². The van der Waals surface area contributed by atoms with Gasteiger partial charge in [0.05, 0.1) is 22.3 Å². The van der Waals surface area contributed by atoms with Gasteiger partial charge in [-0.2, -0.15) is 12.7 Å². The number of benzene rings is 3. The van der Waals surface area contributed by atoms with Crippen LogP contribution in [0.15, 0.2) is 60.7 Å². The molecule has 35 heavy (non-hydrogen) atoms. The van der Waals surface area contributed by atoms with Crippen LogP contribution in [0.3, 0.4) is 0 Å². The van der Waals surface area contributed by atoms with Gasteiger partial charge in [0.2, 0.25) is 0 Å². The summed E-state index contributed by atoms with van der Waals surface area (Å²) < 4.78 is 33.5. The number of halogens is 2. The first-order valence-electron chi connectivity index (χ1n) is 10.8. The van der Waals surface area contributed by atoms with Crippen LogP contribution in [-0.2, 0) is 10.2 Å². The van der Waals surface area contributed by atoms with Gasteiger partial charge in [-0.15, -0.1) is 12.4 Å². The molecule has 0 aliphatic heterocycles. The smallest absolute Gasteiger partial charge is 0.301 e. The maximum atomic E-state index is 12.1. The Kier molecular flexibility index (Phi) is 8.87. The van der Waals surface area contributed by atoms with Gasteiger partial charge in [-0.3, -0.25) is 4.72 Å². The summed E-state index contributed by atoms with van der Waals surface area (Å²) in [5, 5.41) is 16.2. The van der Waals surface area contributed by atoms with Crippen LogP contribution in [-0.4, -0.2) is 56.6 Å². The molecule has 8 nitrogen and oxygen atoms in total. The van der Waals surface area contributed by atoms with Gasteiger partial charge >= 0.3 is 10.2 Å². The SMILES string of the molecule is CN(C)S(=O)(=O)Nc1cc(C(O)CNCCOc2ccc3c(c2)[nH]c2ccccc23)ccc1Cl.Cl. The number of anilines is 1. The monoisotopic (exact) mass is 538 g/mol. The van der Waals surface area contributed by atoms with Crippen LogP contribution in [0.25, 0.3) is 21.8 Å². The lowest BCUT2D eigenvalue weighted by Gasteiger charge is -2.17. The first kappa shape index (κ1) is 27.1. The van der Waals surface area contributed by atoms with Crippen LogP contribution in [0.4, 0.5) is 5.69 Å². The molecule has 11 heteroatoms. The number of hydrogen-bond donors (Lipinski definition) is 4. The van der Waals surface area contributed by atoms with E-state index in [1.165, 1.54) is 25.5 Å². The van der Waals surface area contributed by atoms with Gasteiger partial charge in [0.25, 0.3) is 0 Å². The third-order valence-electron chi connectivity index (χ3n) is 5.46. The number of para-hydroxylation sites is 1. The maximum Gasteiger partial charge on any atom is 0.301 e. The van der Waals surface area contributed by atoms with E-state index in [1.54, 1.807) is 12.1 Å². The van der Waals surface area contributed by atoms with Crippen molar-refractivity contribution in [3.05, 3.63) is 71.2 Å². The second kappa shape index (κ2) is 11.5. The Morgan fingerprint density at radius 2 is 1.80 bits per heavy atom. The molecular weight excluding hydrogens is 511 g/mol. The summed E-state index contributed by atoms with van der Waals surface area (Å²) >= 11 is 6.11. The zero-order chi connectivity index (χ0) is 24.3. The highest BCUT2D eigenvalue weighted by molar-refractivity contribution is 7.90. The molecule has 1 atom stereocenters. The van der Waals surface area contributed by atoms with Crippen LogP contribution >= 0.6 is 24.0 Å². The van der Waals surface area contributed by atoms with Gasteiger partial charge < -0.3 is 20.1 Å². The Hall–Kier alpha value is -2.53. The molecule has 0 fully saturated rings. The molecule has 4 aromatic rings. The fraction of sp³-hybridized carbons (Fsp3) is 0.250. The Labute approximate surface area is 215 Å². The number of aromatic amines is 1. The van der Waals surface area contributed by atoms with Gasteiger partial charge in [0, 0.05) is 49.5 Å². The number of hydrogen-bond acceptors (Lipinski definition) is 5. The highest BCUT2D eigenvalue weighted by atomic mass is 35.5. The van der Waals surface area contributed by atoms with Crippen molar-refractivity contribution >= 4 is 61.7 Å². The summed E-state index contributed by atoms with van der Waals surface area (Å²) in [6, 6.07) is 18.9. The van der Waals surface area contributed by atoms with E-state index in [-0.39, 0.29) is 29.7 Å². The second-order valence-electron chi connectivity index (χ2n) is 8.08. The number of H-pyrrole nitrogens is 1. The summed E-state index contributed by atoms with van der Waals surface area (Å²) in [6.07, 6.45) is -0.845. The van der Waals surface area contributed by atoms with Crippen molar-refractivity contribution in [1.29, 1.82) is 0 Å². The van der Waals surface area contributed by atoms with Crippen molar-refractivity contribution in [3.63, 3.8) is 0 Å². The highest BCUT2D eigenvalue weighted by Crippen LogP contribution is 2.29. The average molecular weight is 539 g/mol. The highest BCUT2D eigenvalue weighted by Gasteiger charge is 2.17. The molecule has 0 bridgehead atoms. The summed E-state index contributed by atoms with van der Waals surface area (Å²) in [6.45, 7) is 1.22. The Morgan fingerprint density at radius 3 is 2.57 bits per heavy atom. The van der Waals surface area contributed by atoms with Crippen LogP contribution in [0.2, 0.25) is 5.02 Å². The molecule has 4 N–H and O–H groups in total. The number of aliphatic hydroxyl groups excluding tert-OH is 1. The number of ether oxygens (including phenoxy) is 1. The van der Waals surface area contributed by atoms with Gasteiger partial charge in [-0.05, 0) is 35.9 Å². The van der Waals surface area contributed by atoms with E-state index >= 15 is 0 Å². The zero-order valence-corrected chi connectivity index (χ0v) is 21.7. The van der Waals surface area contributed by atoms with Crippen LogP contribution < -0.4 is 14.8 Å². The molecule has 1 aromatic heterocycles. The summed E-state index contributed by atoms with van der Waals surface area (Å²) in [7, 11) is -0.874. The first-order valence-corrected chi connectivity index (χ1v) is 12.6. The zero-order valence-electron chi connectivity index (χ0n) is 19.3. The van der Waals surface area contributed by atoms with Crippen molar-refractivity contribution in [1.82, 2.24) is 14.6 Å². The van der Waals surface area contributed by atoms with E-state index in [1.807, 2.05) is 36.4 Å². The molecule has 0 aliphatic carbocycles. The van der Waals surface area contributed by atoms with Gasteiger partial charge in [-0.1, -0.05) is 35.9 Å². The molecule has 0 amide bonds. The fourth-order valence-corrected chi connectivity index (χ4v) is 4.43. The lowest BCUT2D eigenvalue weighted by atomic mass is 10.1. The molecule has 0 radical (unpaired) electrons.